The van der Waals surface area contributed by atoms with Gasteiger partial charge in [0, 0.05) is 5.56 Å². The zero-order chi connectivity index (χ0) is 24.4. The van der Waals surface area contributed by atoms with Crippen LogP contribution < -0.4 is 24.4 Å². The Labute approximate surface area is 201 Å². The quantitative estimate of drug-likeness (QED) is 0.560. The van der Waals surface area contributed by atoms with Crippen LogP contribution in [0.25, 0.3) is 6.08 Å². The second-order valence-corrected chi connectivity index (χ2v) is 8.18. The van der Waals surface area contributed by atoms with Gasteiger partial charge < -0.3 is 19.5 Å². The van der Waals surface area contributed by atoms with Crippen LogP contribution in [0.4, 0.5) is 10.1 Å². The van der Waals surface area contributed by atoms with E-state index in [0.717, 1.165) is 5.56 Å². The molecule has 7 nitrogen and oxygen atoms in total. The molecule has 0 bridgehead atoms. The van der Waals surface area contributed by atoms with Crippen molar-refractivity contribution in [2.24, 2.45) is 0 Å². The molecule has 2 amide bonds. The van der Waals surface area contributed by atoms with Crippen LogP contribution in [0.5, 0.6) is 17.2 Å². The molecule has 0 aromatic heterocycles. The average Bonchev–Trinajstić information content (AvgIpc) is 2.87. The van der Waals surface area contributed by atoms with Gasteiger partial charge in [0.05, 0.1) is 11.7 Å². The lowest BCUT2D eigenvalue weighted by atomic mass is 10.1. The number of halogens is 1. The number of anilines is 1. The molecule has 5 rings (SSSR count). The number of rotatable bonds is 5. The van der Waals surface area contributed by atoms with Gasteiger partial charge in [-0.25, -0.2) is 4.39 Å². The van der Waals surface area contributed by atoms with E-state index in [1.54, 1.807) is 42.5 Å². The molecule has 35 heavy (non-hydrogen) atoms. The molecule has 0 aliphatic carbocycles. The van der Waals surface area contributed by atoms with Crippen LogP contribution >= 0.6 is 0 Å². The lowest BCUT2D eigenvalue weighted by molar-refractivity contribution is -0.123. The number of fused-ring (bicyclic) bond motifs is 2. The third kappa shape index (κ3) is 4.68. The highest BCUT2D eigenvalue weighted by Crippen LogP contribution is 2.36. The van der Waals surface area contributed by atoms with Gasteiger partial charge in [0.25, 0.3) is 5.91 Å². The van der Waals surface area contributed by atoms with E-state index in [9.17, 15) is 14.0 Å². The first-order valence-corrected chi connectivity index (χ1v) is 11.2. The molecule has 8 heteroatoms. The average molecular weight is 474 g/mol. The summed E-state index contributed by atoms with van der Waals surface area (Å²) in [5, 5.41) is 2.93. The van der Waals surface area contributed by atoms with Gasteiger partial charge in [-0.2, -0.15) is 0 Å². The first kappa shape index (κ1) is 22.5. The molecule has 2 aliphatic rings. The fourth-order valence-corrected chi connectivity index (χ4v) is 4.00. The Morgan fingerprint density at radius 1 is 1.03 bits per heavy atom. The maximum absolute atomic E-state index is 14.2. The first-order valence-electron chi connectivity index (χ1n) is 11.2. The van der Waals surface area contributed by atoms with Crippen molar-refractivity contribution in [1.82, 2.24) is 5.32 Å². The Kier molecular flexibility index (Phi) is 6.10. The van der Waals surface area contributed by atoms with Crippen LogP contribution in [-0.2, 0) is 9.59 Å². The standard InChI is InChI=1S/C27H23FN2O5/c1-17(18-10-11-23-24(14-18)34-13-12-33-23)29-26(31)16-30-21-8-4-5-9-22(21)35-25(27(30)32)15-19-6-2-3-7-20(19)28/h2-11,14-15,17H,12-13,16H2,1H3,(H,29,31)/b25-15+/t17-/m0/s1. The molecular formula is C27H23FN2O5. The van der Waals surface area contributed by atoms with Gasteiger partial charge in [-0.05, 0) is 48.9 Å². The Morgan fingerprint density at radius 3 is 2.60 bits per heavy atom. The Morgan fingerprint density at radius 2 is 1.77 bits per heavy atom. The maximum Gasteiger partial charge on any atom is 0.294 e. The maximum atomic E-state index is 14.2. The monoisotopic (exact) mass is 474 g/mol. The minimum Gasteiger partial charge on any atom is -0.486 e. The molecule has 0 saturated heterocycles. The molecule has 1 N–H and O–H groups in total. The van der Waals surface area contributed by atoms with E-state index in [1.165, 1.54) is 17.0 Å². The minimum atomic E-state index is -0.533. The third-order valence-corrected chi connectivity index (χ3v) is 5.77. The van der Waals surface area contributed by atoms with Crippen LogP contribution in [0, 0.1) is 5.82 Å². The number of carbonyl (C=O) groups is 2. The predicted octanol–water partition coefficient (Wildman–Crippen LogP) is 4.24. The van der Waals surface area contributed by atoms with Crippen molar-refractivity contribution >= 4 is 23.6 Å². The van der Waals surface area contributed by atoms with Gasteiger partial charge in [0.1, 0.15) is 25.6 Å². The molecule has 0 radical (unpaired) electrons. The van der Waals surface area contributed by atoms with E-state index in [1.807, 2.05) is 25.1 Å². The topological polar surface area (TPSA) is 77.1 Å². The van der Waals surface area contributed by atoms with E-state index in [2.05, 4.69) is 5.32 Å². The molecule has 3 aromatic rings. The highest BCUT2D eigenvalue weighted by molar-refractivity contribution is 6.12. The SMILES string of the molecule is C[C@H](NC(=O)CN1C(=O)/C(=C\c2ccccc2F)Oc2ccccc21)c1ccc2c(c1)OCCO2. The number of hydrogen-bond acceptors (Lipinski definition) is 5. The molecule has 0 saturated carbocycles. The summed E-state index contributed by atoms with van der Waals surface area (Å²) in [6.45, 7) is 2.59. The van der Waals surface area contributed by atoms with Gasteiger partial charge in [0.15, 0.2) is 23.0 Å². The van der Waals surface area contributed by atoms with Crippen LogP contribution in [-0.4, -0.2) is 31.6 Å². The zero-order valence-corrected chi connectivity index (χ0v) is 19.0. The molecule has 0 unspecified atom stereocenters. The van der Waals surface area contributed by atoms with Crippen molar-refractivity contribution in [3.63, 3.8) is 0 Å². The molecule has 0 spiro atoms. The van der Waals surface area contributed by atoms with E-state index < -0.39 is 11.7 Å². The molecule has 2 aliphatic heterocycles. The van der Waals surface area contributed by atoms with Crippen LogP contribution in [0.1, 0.15) is 24.1 Å². The van der Waals surface area contributed by atoms with Crippen LogP contribution in [0.3, 0.4) is 0 Å². The summed E-state index contributed by atoms with van der Waals surface area (Å²) >= 11 is 0. The molecule has 2 heterocycles. The summed E-state index contributed by atoms with van der Waals surface area (Å²) in [4.78, 5) is 27.6. The van der Waals surface area contributed by atoms with Gasteiger partial charge in [-0.1, -0.05) is 36.4 Å². The first-order chi connectivity index (χ1) is 17.0. The molecule has 3 aromatic carbocycles. The summed E-state index contributed by atoms with van der Waals surface area (Å²) in [5.74, 6) is 0.270. The fraction of sp³-hybridized carbons (Fsp3) is 0.185. The number of nitrogens with zero attached hydrogens (tertiary/aromatic N) is 1. The summed E-state index contributed by atoms with van der Waals surface area (Å²) in [6.07, 6.45) is 1.34. The normalized spacial score (nSPS) is 16.3. The van der Waals surface area contributed by atoms with Gasteiger partial charge in [-0.3, -0.25) is 14.5 Å². The van der Waals surface area contributed by atoms with Crippen molar-refractivity contribution in [2.45, 2.75) is 13.0 Å². The Hall–Kier alpha value is -4.33. The lowest BCUT2D eigenvalue weighted by Crippen LogP contribution is -2.44. The zero-order valence-electron chi connectivity index (χ0n) is 19.0. The molecule has 1 atom stereocenters. The fourth-order valence-electron chi connectivity index (χ4n) is 4.00. The summed E-state index contributed by atoms with van der Waals surface area (Å²) in [5.41, 5.74) is 1.52. The molecular weight excluding hydrogens is 451 g/mol. The van der Waals surface area contributed by atoms with Crippen molar-refractivity contribution < 1.29 is 28.2 Å². The van der Waals surface area contributed by atoms with Gasteiger partial charge >= 0.3 is 0 Å². The number of carbonyl (C=O) groups excluding carboxylic acids is 2. The number of amides is 2. The summed E-state index contributed by atoms with van der Waals surface area (Å²) in [7, 11) is 0. The number of benzene rings is 3. The number of nitrogens with one attached hydrogen (secondary N) is 1. The lowest BCUT2D eigenvalue weighted by Gasteiger charge is -2.30. The number of para-hydroxylation sites is 2. The molecule has 0 fully saturated rings. The van der Waals surface area contributed by atoms with E-state index in [4.69, 9.17) is 14.2 Å². The number of ether oxygens (including phenoxy) is 3. The summed E-state index contributed by atoms with van der Waals surface area (Å²) in [6, 6.07) is 18.2. The van der Waals surface area contributed by atoms with Crippen molar-refractivity contribution in [3.8, 4) is 17.2 Å². The third-order valence-electron chi connectivity index (χ3n) is 5.77. The Balaban J connectivity index is 1.36. The minimum absolute atomic E-state index is 0.0681. The molecule has 178 valence electrons. The van der Waals surface area contributed by atoms with Crippen molar-refractivity contribution in [3.05, 3.63) is 89.4 Å². The second-order valence-electron chi connectivity index (χ2n) is 8.18. The number of hydrogen-bond donors (Lipinski definition) is 1. The summed E-state index contributed by atoms with van der Waals surface area (Å²) < 4.78 is 31.1. The van der Waals surface area contributed by atoms with E-state index in [-0.39, 0.29) is 29.8 Å². The smallest absolute Gasteiger partial charge is 0.294 e. The van der Waals surface area contributed by atoms with Crippen LogP contribution in [0.2, 0.25) is 0 Å². The van der Waals surface area contributed by atoms with Gasteiger partial charge in [-0.15, -0.1) is 0 Å². The Bertz CT molecular complexity index is 1320. The van der Waals surface area contributed by atoms with Crippen LogP contribution in [0.15, 0.2) is 72.5 Å². The van der Waals surface area contributed by atoms with E-state index in [0.29, 0.717) is 36.1 Å². The van der Waals surface area contributed by atoms with Gasteiger partial charge in [0.2, 0.25) is 5.91 Å². The van der Waals surface area contributed by atoms with Crippen molar-refractivity contribution in [2.75, 3.05) is 24.7 Å². The highest BCUT2D eigenvalue weighted by atomic mass is 19.1. The highest BCUT2D eigenvalue weighted by Gasteiger charge is 2.32. The van der Waals surface area contributed by atoms with Crippen molar-refractivity contribution in [1.29, 1.82) is 0 Å². The predicted molar refractivity (Wildman–Crippen MR) is 128 cm³/mol. The van der Waals surface area contributed by atoms with E-state index >= 15 is 0 Å². The largest absolute Gasteiger partial charge is 0.486 e. The second kappa shape index (κ2) is 9.50.